The highest BCUT2D eigenvalue weighted by molar-refractivity contribution is 9.10. The van der Waals surface area contributed by atoms with E-state index >= 15 is 0 Å². The van der Waals surface area contributed by atoms with Gasteiger partial charge in [0, 0.05) is 32.9 Å². The van der Waals surface area contributed by atoms with E-state index in [1.807, 2.05) is 12.1 Å². The quantitative estimate of drug-likeness (QED) is 0.831. The normalized spacial score (nSPS) is 10.7. The zero-order valence-electron chi connectivity index (χ0n) is 9.32. The number of nitrogens with one attached hydrogen (secondary N) is 1. The van der Waals surface area contributed by atoms with E-state index in [9.17, 15) is 0 Å². The number of halogens is 1. The molecule has 2 rings (SSSR count). The first-order valence-electron chi connectivity index (χ1n) is 5.46. The maximum atomic E-state index is 8.70. The third-order valence-electron chi connectivity index (χ3n) is 2.39. The minimum absolute atomic E-state index is 0.183. The molecule has 1 aromatic carbocycles. The van der Waals surface area contributed by atoms with Crippen molar-refractivity contribution >= 4 is 27.3 Å². The summed E-state index contributed by atoms with van der Waals surface area (Å²) in [6, 6.07) is 12.5. The van der Waals surface area contributed by atoms with Gasteiger partial charge in [-0.2, -0.15) is 0 Å². The summed E-state index contributed by atoms with van der Waals surface area (Å²) in [7, 11) is 0. The molecule has 0 saturated carbocycles. The van der Waals surface area contributed by atoms with Crippen molar-refractivity contribution in [2.75, 3.05) is 13.2 Å². The fraction of sp³-hybridized carbons (Fsp3) is 0.231. The predicted molar refractivity (Wildman–Crippen MR) is 76.2 cm³/mol. The maximum absolute atomic E-state index is 8.70. The lowest BCUT2D eigenvalue weighted by Gasteiger charge is -2.01. The fourth-order valence-corrected chi connectivity index (χ4v) is 3.22. The summed E-state index contributed by atoms with van der Waals surface area (Å²) in [5.74, 6) is 0. The topological polar surface area (TPSA) is 32.3 Å². The van der Waals surface area contributed by atoms with E-state index < -0.39 is 0 Å². The number of thiophene rings is 1. The number of aliphatic hydroxyl groups is 1. The number of aliphatic hydroxyl groups excluding tert-OH is 1. The van der Waals surface area contributed by atoms with Crippen LogP contribution in [0.15, 0.2) is 40.9 Å². The summed E-state index contributed by atoms with van der Waals surface area (Å²) in [5, 5.41) is 11.9. The van der Waals surface area contributed by atoms with Crippen molar-refractivity contribution in [3.8, 4) is 10.4 Å². The number of rotatable bonds is 5. The Morgan fingerprint density at radius 1 is 1.18 bits per heavy atom. The smallest absolute Gasteiger partial charge is 0.0556 e. The van der Waals surface area contributed by atoms with Gasteiger partial charge in [-0.3, -0.25) is 0 Å². The van der Waals surface area contributed by atoms with E-state index in [0.717, 1.165) is 11.0 Å². The first-order chi connectivity index (χ1) is 8.31. The molecule has 0 aliphatic carbocycles. The van der Waals surface area contributed by atoms with Gasteiger partial charge < -0.3 is 10.4 Å². The van der Waals surface area contributed by atoms with Gasteiger partial charge in [-0.1, -0.05) is 34.1 Å². The fourth-order valence-electron chi connectivity index (χ4n) is 1.57. The van der Waals surface area contributed by atoms with Gasteiger partial charge in [-0.05, 0) is 18.2 Å². The largest absolute Gasteiger partial charge is 0.395 e. The monoisotopic (exact) mass is 311 g/mol. The molecule has 2 N–H and O–H groups in total. The van der Waals surface area contributed by atoms with Crippen LogP contribution in [0.5, 0.6) is 0 Å². The highest BCUT2D eigenvalue weighted by Gasteiger charge is 2.05. The standard InChI is InChI=1S/C13H14BrNOS/c14-12-4-2-1-3-11(12)13-6-5-10(17-13)9-15-7-8-16/h1-6,15-16H,7-9H2. The Labute approximate surface area is 113 Å². The van der Waals surface area contributed by atoms with Crippen LogP contribution in [0.1, 0.15) is 4.88 Å². The van der Waals surface area contributed by atoms with Gasteiger partial charge in [0.05, 0.1) is 6.61 Å². The Morgan fingerprint density at radius 2 is 2.00 bits per heavy atom. The first kappa shape index (κ1) is 12.8. The Kier molecular flexibility index (Phi) is 4.74. The van der Waals surface area contributed by atoms with Crippen LogP contribution in [-0.2, 0) is 6.54 Å². The van der Waals surface area contributed by atoms with Crippen LogP contribution in [0.3, 0.4) is 0 Å². The SMILES string of the molecule is OCCNCc1ccc(-c2ccccc2Br)s1. The Bertz CT molecular complexity index is 484. The van der Waals surface area contributed by atoms with Crippen molar-refractivity contribution in [1.82, 2.24) is 5.32 Å². The lowest BCUT2D eigenvalue weighted by atomic mass is 10.2. The Hall–Kier alpha value is -0.680. The molecule has 0 saturated heterocycles. The number of benzene rings is 1. The summed E-state index contributed by atoms with van der Waals surface area (Å²) in [6.07, 6.45) is 0. The molecule has 0 bridgehead atoms. The zero-order chi connectivity index (χ0) is 12.1. The van der Waals surface area contributed by atoms with Crippen LogP contribution in [-0.4, -0.2) is 18.3 Å². The minimum atomic E-state index is 0.183. The third-order valence-corrected chi connectivity index (χ3v) is 4.20. The molecule has 0 atom stereocenters. The Morgan fingerprint density at radius 3 is 2.76 bits per heavy atom. The average molecular weight is 312 g/mol. The van der Waals surface area contributed by atoms with Crippen LogP contribution in [0.2, 0.25) is 0 Å². The van der Waals surface area contributed by atoms with Crippen LogP contribution in [0, 0.1) is 0 Å². The van der Waals surface area contributed by atoms with Crippen molar-refractivity contribution < 1.29 is 5.11 Å². The van der Waals surface area contributed by atoms with E-state index in [0.29, 0.717) is 6.54 Å². The second-order valence-electron chi connectivity index (χ2n) is 3.65. The Balaban J connectivity index is 2.10. The van der Waals surface area contributed by atoms with Crippen molar-refractivity contribution in [3.63, 3.8) is 0 Å². The van der Waals surface area contributed by atoms with Crippen molar-refractivity contribution in [2.24, 2.45) is 0 Å². The van der Waals surface area contributed by atoms with Crippen LogP contribution >= 0.6 is 27.3 Å². The molecule has 0 unspecified atom stereocenters. The summed E-state index contributed by atoms with van der Waals surface area (Å²) in [6.45, 7) is 1.64. The molecular formula is C13H14BrNOS. The van der Waals surface area contributed by atoms with Crippen LogP contribution < -0.4 is 5.32 Å². The molecule has 0 radical (unpaired) electrons. The lowest BCUT2D eigenvalue weighted by Crippen LogP contribution is -2.16. The lowest BCUT2D eigenvalue weighted by molar-refractivity contribution is 0.292. The number of hydrogen-bond acceptors (Lipinski definition) is 3. The third kappa shape index (κ3) is 3.39. The van der Waals surface area contributed by atoms with E-state index in [-0.39, 0.29) is 6.61 Å². The second-order valence-corrected chi connectivity index (χ2v) is 5.67. The van der Waals surface area contributed by atoms with Gasteiger partial charge >= 0.3 is 0 Å². The molecule has 2 nitrogen and oxygen atoms in total. The highest BCUT2D eigenvalue weighted by Crippen LogP contribution is 2.33. The molecule has 1 heterocycles. The molecule has 0 aliphatic heterocycles. The molecule has 1 aromatic heterocycles. The zero-order valence-corrected chi connectivity index (χ0v) is 11.7. The molecule has 0 amide bonds. The van der Waals surface area contributed by atoms with Crippen molar-refractivity contribution in [1.29, 1.82) is 0 Å². The molecule has 90 valence electrons. The second kappa shape index (κ2) is 6.31. The molecule has 0 aliphatic rings. The summed E-state index contributed by atoms with van der Waals surface area (Å²) in [4.78, 5) is 2.54. The summed E-state index contributed by atoms with van der Waals surface area (Å²) in [5.41, 5.74) is 1.23. The van der Waals surface area contributed by atoms with Crippen molar-refractivity contribution in [2.45, 2.75) is 6.54 Å². The van der Waals surface area contributed by atoms with E-state index in [4.69, 9.17) is 5.11 Å². The average Bonchev–Trinajstić information content (AvgIpc) is 2.79. The molecule has 2 aromatic rings. The minimum Gasteiger partial charge on any atom is -0.395 e. The summed E-state index contributed by atoms with van der Waals surface area (Å²) < 4.78 is 1.12. The summed E-state index contributed by atoms with van der Waals surface area (Å²) >= 11 is 5.34. The van der Waals surface area contributed by atoms with E-state index in [2.05, 4.69) is 45.5 Å². The van der Waals surface area contributed by atoms with E-state index in [1.54, 1.807) is 11.3 Å². The molecule has 17 heavy (non-hydrogen) atoms. The predicted octanol–water partition coefficient (Wildman–Crippen LogP) is 3.26. The van der Waals surface area contributed by atoms with Crippen LogP contribution in [0.25, 0.3) is 10.4 Å². The van der Waals surface area contributed by atoms with Gasteiger partial charge in [-0.25, -0.2) is 0 Å². The van der Waals surface area contributed by atoms with Gasteiger partial charge in [0.1, 0.15) is 0 Å². The highest BCUT2D eigenvalue weighted by atomic mass is 79.9. The van der Waals surface area contributed by atoms with Gasteiger partial charge in [0.15, 0.2) is 0 Å². The van der Waals surface area contributed by atoms with Gasteiger partial charge in [-0.15, -0.1) is 11.3 Å². The molecule has 0 spiro atoms. The number of hydrogen-bond donors (Lipinski definition) is 2. The van der Waals surface area contributed by atoms with E-state index in [1.165, 1.54) is 15.3 Å². The van der Waals surface area contributed by atoms with Gasteiger partial charge in [0.25, 0.3) is 0 Å². The van der Waals surface area contributed by atoms with Crippen molar-refractivity contribution in [3.05, 3.63) is 45.7 Å². The molecular weight excluding hydrogens is 298 g/mol. The van der Waals surface area contributed by atoms with Crippen LogP contribution in [0.4, 0.5) is 0 Å². The molecule has 4 heteroatoms. The maximum Gasteiger partial charge on any atom is 0.0556 e. The first-order valence-corrected chi connectivity index (χ1v) is 7.07. The van der Waals surface area contributed by atoms with Gasteiger partial charge in [0.2, 0.25) is 0 Å². The molecule has 0 fully saturated rings.